The van der Waals surface area contributed by atoms with E-state index in [1.165, 1.54) is 12.0 Å². The van der Waals surface area contributed by atoms with E-state index in [1.807, 2.05) is 12.3 Å². The van der Waals surface area contributed by atoms with E-state index < -0.39 is 6.17 Å². The van der Waals surface area contributed by atoms with Gasteiger partial charge in [0, 0.05) is 37.5 Å². The Bertz CT molecular complexity index is 1060. The maximum Gasteiger partial charge on any atom is 0.125 e. The number of halogens is 1. The van der Waals surface area contributed by atoms with E-state index in [4.69, 9.17) is 4.98 Å². The lowest BCUT2D eigenvalue weighted by Gasteiger charge is -2.36. The van der Waals surface area contributed by atoms with Crippen molar-refractivity contribution >= 4 is 5.57 Å². The van der Waals surface area contributed by atoms with E-state index in [9.17, 15) is 5.11 Å². The fourth-order valence-corrected chi connectivity index (χ4v) is 6.57. The quantitative estimate of drug-likeness (QED) is 0.466. The van der Waals surface area contributed by atoms with Gasteiger partial charge in [-0.15, -0.1) is 0 Å². The van der Waals surface area contributed by atoms with Gasteiger partial charge in [0.25, 0.3) is 0 Å². The fourth-order valence-electron chi connectivity index (χ4n) is 6.57. The van der Waals surface area contributed by atoms with Crippen LogP contribution in [0.25, 0.3) is 5.57 Å². The number of aryl methyl sites for hydroxylation is 1. The highest BCUT2D eigenvalue weighted by Crippen LogP contribution is 2.45. The number of aromatic hydroxyl groups is 1. The number of aromatic nitrogens is 2. The van der Waals surface area contributed by atoms with Crippen LogP contribution in [0.4, 0.5) is 4.39 Å². The topological polar surface area (TPSA) is 88.2 Å². The number of hydrogen-bond donors (Lipinski definition) is 5. The number of hydrazine groups is 1. The van der Waals surface area contributed by atoms with Gasteiger partial charge in [-0.25, -0.2) is 14.8 Å². The largest absolute Gasteiger partial charge is 0.508 e. The number of nitrogens with zero attached hydrogens (tertiary/aromatic N) is 2. The summed E-state index contributed by atoms with van der Waals surface area (Å²) in [6, 6.07) is 5.71. The minimum absolute atomic E-state index is 0.0273. The van der Waals surface area contributed by atoms with E-state index in [-0.39, 0.29) is 29.7 Å². The molecule has 4 aliphatic rings. The standard InChI is InChI=1S/C26H35FN6O/c1-2-15-11-18(34)3-4-19(15)20-5-6-21-24(23(20)27)31-32-25(21)26-29-13-22(30-26)16-8-10-33(14-16)17-7-9-28-12-17/h3-4,8,11,13,17,20-21,23-25,28,31-32,34H,2,5-7,9-10,12,14H2,1H3,(H,29,30). The SMILES string of the molecule is CCc1cc(O)ccc1C1CCC2C(c3ncc(C4=CCN(C5CCNC5)C4)[nH]3)NNC2C1F. The van der Waals surface area contributed by atoms with Crippen molar-refractivity contribution in [2.45, 2.75) is 62.8 Å². The Balaban J connectivity index is 1.15. The van der Waals surface area contributed by atoms with Crippen LogP contribution in [0.2, 0.25) is 0 Å². The van der Waals surface area contributed by atoms with E-state index >= 15 is 4.39 Å². The molecule has 0 spiro atoms. The molecule has 0 radical (unpaired) electrons. The van der Waals surface area contributed by atoms with Gasteiger partial charge < -0.3 is 15.4 Å². The lowest BCUT2D eigenvalue weighted by atomic mass is 9.71. The second-order valence-corrected chi connectivity index (χ2v) is 10.3. The summed E-state index contributed by atoms with van der Waals surface area (Å²) in [6.07, 6.45) is 6.97. The van der Waals surface area contributed by atoms with Crippen LogP contribution < -0.4 is 16.2 Å². The molecule has 182 valence electrons. The third-order valence-electron chi connectivity index (χ3n) is 8.47. The van der Waals surface area contributed by atoms with Crippen LogP contribution >= 0.6 is 0 Å². The minimum Gasteiger partial charge on any atom is -0.508 e. The van der Waals surface area contributed by atoms with Crippen LogP contribution in [0, 0.1) is 5.92 Å². The molecular weight excluding hydrogens is 431 g/mol. The van der Waals surface area contributed by atoms with Gasteiger partial charge in [-0.2, -0.15) is 0 Å². The molecule has 4 heterocycles. The molecule has 6 rings (SSSR count). The molecule has 1 aromatic heterocycles. The molecule has 1 saturated carbocycles. The molecule has 3 fully saturated rings. The third kappa shape index (κ3) is 3.86. The predicted molar refractivity (Wildman–Crippen MR) is 130 cm³/mol. The second kappa shape index (κ2) is 9.07. The Labute approximate surface area is 200 Å². The summed E-state index contributed by atoms with van der Waals surface area (Å²) in [5, 5.41) is 13.3. The van der Waals surface area contributed by atoms with E-state index in [0.29, 0.717) is 6.04 Å². The Morgan fingerprint density at radius 3 is 2.94 bits per heavy atom. The first-order chi connectivity index (χ1) is 16.6. The molecule has 6 unspecified atom stereocenters. The molecule has 0 bridgehead atoms. The van der Waals surface area contributed by atoms with Gasteiger partial charge in [-0.05, 0) is 61.1 Å². The molecular formula is C26H35FN6O. The summed E-state index contributed by atoms with van der Waals surface area (Å²) in [5.41, 5.74) is 11.1. The van der Waals surface area contributed by atoms with Crippen LogP contribution in [-0.2, 0) is 6.42 Å². The van der Waals surface area contributed by atoms with Gasteiger partial charge in [0.05, 0.1) is 24.0 Å². The fraction of sp³-hybridized carbons (Fsp3) is 0.577. The van der Waals surface area contributed by atoms with Crippen molar-refractivity contribution in [3.05, 3.63) is 53.1 Å². The highest BCUT2D eigenvalue weighted by Gasteiger charge is 2.48. The predicted octanol–water partition coefficient (Wildman–Crippen LogP) is 2.79. The number of aromatic amines is 1. The van der Waals surface area contributed by atoms with Crippen LogP contribution in [0.15, 0.2) is 30.5 Å². The molecule has 6 atom stereocenters. The molecule has 5 N–H and O–H groups in total. The summed E-state index contributed by atoms with van der Waals surface area (Å²) in [5.74, 6) is 1.13. The molecule has 34 heavy (non-hydrogen) atoms. The number of imidazole rings is 1. The molecule has 8 heteroatoms. The number of phenols is 1. The van der Waals surface area contributed by atoms with Crippen molar-refractivity contribution in [1.29, 1.82) is 0 Å². The lowest BCUT2D eigenvalue weighted by molar-refractivity contribution is 0.135. The summed E-state index contributed by atoms with van der Waals surface area (Å²) >= 11 is 0. The Morgan fingerprint density at radius 1 is 1.21 bits per heavy atom. The maximum absolute atomic E-state index is 15.8. The van der Waals surface area contributed by atoms with Gasteiger partial charge in [-0.3, -0.25) is 10.3 Å². The van der Waals surface area contributed by atoms with Crippen molar-refractivity contribution in [1.82, 2.24) is 31.0 Å². The van der Waals surface area contributed by atoms with E-state index in [1.54, 1.807) is 12.1 Å². The average molecular weight is 467 g/mol. The van der Waals surface area contributed by atoms with Crippen molar-refractivity contribution in [2.24, 2.45) is 5.92 Å². The van der Waals surface area contributed by atoms with Gasteiger partial charge >= 0.3 is 0 Å². The van der Waals surface area contributed by atoms with Crippen molar-refractivity contribution in [3.63, 3.8) is 0 Å². The monoisotopic (exact) mass is 466 g/mol. The maximum atomic E-state index is 15.8. The van der Waals surface area contributed by atoms with Crippen LogP contribution in [0.3, 0.4) is 0 Å². The van der Waals surface area contributed by atoms with Gasteiger partial charge in [-0.1, -0.05) is 19.1 Å². The molecule has 1 aliphatic carbocycles. The lowest BCUT2D eigenvalue weighted by Crippen LogP contribution is -2.45. The van der Waals surface area contributed by atoms with Crippen LogP contribution in [0.5, 0.6) is 5.75 Å². The zero-order valence-electron chi connectivity index (χ0n) is 19.7. The Morgan fingerprint density at radius 2 is 2.12 bits per heavy atom. The smallest absolute Gasteiger partial charge is 0.125 e. The summed E-state index contributed by atoms with van der Waals surface area (Å²) < 4.78 is 15.8. The second-order valence-electron chi connectivity index (χ2n) is 10.3. The number of rotatable bonds is 5. The Hall–Kier alpha value is -2.26. The van der Waals surface area contributed by atoms with Gasteiger partial charge in [0.15, 0.2) is 0 Å². The minimum atomic E-state index is -0.994. The highest BCUT2D eigenvalue weighted by atomic mass is 19.1. The average Bonchev–Trinajstić information content (AvgIpc) is 3.65. The molecule has 3 aliphatic heterocycles. The van der Waals surface area contributed by atoms with Gasteiger partial charge in [0.1, 0.15) is 17.7 Å². The molecule has 0 amide bonds. The first-order valence-electron chi connectivity index (χ1n) is 12.8. The van der Waals surface area contributed by atoms with E-state index in [0.717, 1.165) is 68.1 Å². The first-order valence-corrected chi connectivity index (χ1v) is 12.8. The summed E-state index contributed by atoms with van der Waals surface area (Å²) in [4.78, 5) is 10.8. The molecule has 1 aromatic carbocycles. The number of benzene rings is 1. The first kappa shape index (κ1) is 22.2. The van der Waals surface area contributed by atoms with Crippen molar-refractivity contribution < 1.29 is 9.50 Å². The number of phenolic OH excluding ortho intramolecular Hbond substituents is 1. The summed E-state index contributed by atoms with van der Waals surface area (Å²) in [6.45, 7) is 6.19. The van der Waals surface area contributed by atoms with E-state index in [2.05, 4.69) is 39.1 Å². The normalized spacial score (nSPS) is 33.9. The van der Waals surface area contributed by atoms with Crippen LogP contribution in [0.1, 0.15) is 60.8 Å². The summed E-state index contributed by atoms with van der Waals surface area (Å²) in [7, 11) is 0. The molecule has 2 aromatic rings. The number of H-pyrrole nitrogens is 1. The molecule has 7 nitrogen and oxygen atoms in total. The number of nitrogens with one attached hydrogen (secondary N) is 4. The highest BCUT2D eigenvalue weighted by molar-refractivity contribution is 5.66. The Kier molecular flexibility index (Phi) is 5.93. The van der Waals surface area contributed by atoms with Gasteiger partial charge in [0.2, 0.25) is 0 Å². The van der Waals surface area contributed by atoms with Crippen LogP contribution in [-0.4, -0.2) is 64.4 Å². The van der Waals surface area contributed by atoms with Crippen molar-refractivity contribution in [3.8, 4) is 5.75 Å². The number of fused-ring (bicyclic) bond motifs is 1. The number of alkyl halides is 1. The zero-order chi connectivity index (χ0) is 23.2. The number of hydrogen-bond acceptors (Lipinski definition) is 6. The van der Waals surface area contributed by atoms with Crippen molar-refractivity contribution in [2.75, 3.05) is 26.2 Å². The molecule has 2 saturated heterocycles. The zero-order valence-corrected chi connectivity index (χ0v) is 19.7. The third-order valence-corrected chi connectivity index (χ3v) is 8.47.